The normalized spacial score (nSPS) is 15.1. The Morgan fingerprint density at radius 3 is 2.56 bits per heavy atom. The lowest BCUT2D eigenvalue weighted by molar-refractivity contribution is 0.227. The average Bonchev–Trinajstić information content (AvgIpc) is 3.17. The quantitative estimate of drug-likeness (QED) is 0.689. The maximum absolute atomic E-state index is 13.0. The summed E-state index contributed by atoms with van der Waals surface area (Å²) in [6.45, 7) is 4.27. The molecule has 0 spiro atoms. The molecule has 140 valence electrons. The Bertz CT molecular complexity index is 889. The van der Waals surface area contributed by atoms with Crippen LogP contribution in [0.25, 0.3) is 11.5 Å². The first-order chi connectivity index (χ1) is 13.2. The van der Waals surface area contributed by atoms with Gasteiger partial charge < -0.3 is 14.1 Å². The number of anilines is 1. The molecular formula is C20H21FN4O2. The van der Waals surface area contributed by atoms with Crippen LogP contribution in [-0.2, 0) is 6.54 Å². The summed E-state index contributed by atoms with van der Waals surface area (Å²) in [5.41, 5.74) is 1.89. The second-order valence-electron chi connectivity index (χ2n) is 6.47. The largest absolute Gasteiger partial charge is 0.497 e. The summed E-state index contributed by atoms with van der Waals surface area (Å²) < 4.78 is 24.1. The van der Waals surface area contributed by atoms with Crippen LogP contribution in [0, 0.1) is 5.82 Å². The van der Waals surface area contributed by atoms with Crippen LogP contribution in [0.1, 0.15) is 5.89 Å². The van der Waals surface area contributed by atoms with Gasteiger partial charge in [-0.15, -0.1) is 10.2 Å². The fraction of sp³-hybridized carbons (Fsp3) is 0.300. The Kier molecular flexibility index (Phi) is 5.02. The minimum atomic E-state index is -0.285. The molecular weight excluding hydrogens is 347 g/mol. The number of hydrogen-bond acceptors (Lipinski definition) is 6. The van der Waals surface area contributed by atoms with Gasteiger partial charge in [0, 0.05) is 43.5 Å². The lowest BCUT2D eigenvalue weighted by Crippen LogP contribution is -2.46. The number of piperazine rings is 1. The topological polar surface area (TPSA) is 54.6 Å². The van der Waals surface area contributed by atoms with Crippen LogP contribution in [-0.4, -0.2) is 48.4 Å². The number of nitrogens with zero attached hydrogens (tertiary/aromatic N) is 4. The lowest BCUT2D eigenvalue weighted by atomic mass is 10.2. The summed E-state index contributed by atoms with van der Waals surface area (Å²) in [4.78, 5) is 4.63. The van der Waals surface area contributed by atoms with Crippen molar-refractivity contribution in [2.75, 3.05) is 38.2 Å². The molecule has 0 N–H and O–H groups in total. The van der Waals surface area contributed by atoms with E-state index in [4.69, 9.17) is 9.15 Å². The number of hydrogen-bond donors (Lipinski definition) is 0. The molecule has 0 radical (unpaired) electrons. The molecule has 0 amide bonds. The summed E-state index contributed by atoms with van der Waals surface area (Å²) in [6.07, 6.45) is 0. The van der Waals surface area contributed by atoms with Crippen LogP contribution in [0.5, 0.6) is 5.75 Å². The van der Waals surface area contributed by atoms with Gasteiger partial charge in [0.2, 0.25) is 11.8 Å². The zero-order valence-corrected chi connectivity index (χ0v) is 15.1. The molecule has 27 heavy (non-hydrogen) atoms. The molecule has 0 saturated carbocycles. The van der Waals surface area contributed by atoms with Gasteiger partial charge in [-0.1, -0.05) is 6.07 Å². The van der Waals surface area contributed by atoms with Crippen LogP contribution >= 0.6 is 0 Å². The smallest absolute Gasteiger partial charge is 0.247 e. The van der Waals surface area contributed by atoms with E-state index in [2.05, 4.69) is 32.1 Å². The Labute approximate surface area is 157 Å². The number of ether oxygens (including phenoxy) is 1. The summed E-state index contributed by atoms with van der Waals surface area (Å²) in [6, 6.07) is 14.2. The van der Waals surface area contributed by atoms with Crippen molar-refractivity contribution < 1.29 is 13.5 Å². The fourth-order valence-electron chi connectivity index (χ4n) is 3.19. The van der Waals surface area contributed by atoms with Crippen molar-refractivity contribution in [2.24, 2.45) is 0 Å². The Morgan fingerprint density at radius 1 is 1.04 bits per heavy atom. The van der Waals surface area contributed by atoms with E-state index in [1.165, 1.54) is 17.8 Å². The first-order valence-corrected chi connectivity index (χ1v) is 8.91. The molecule has 2 aromatic carbocycles. The van der Waals surface area contributed by atoms with E-state index in [9.17, 15) is 4.39 Å². The van der Waals surface area contributed by atoms with Crippen LogP contribution in [0.4, 0.5) is 10.1 Å². The summed E-state index contributed by atoms with van der Waals surface area (Å²) in [5.74, 6) is 1.57. The van der Waals surface area contributed by atoms with Crippen molar-refractivity contribution in [3.8, 4) is 17.2 Å². The minimum Gasteiger partial charge on any atom is -0.497 e. The SMILES string of the molecule is COc1cccc(N2CCN(Cc3nnc(-c4ccc(F)cc4)o3)CC2)c1. The monoisotopic (exact) mass is 368 g/mol. The molecule has 0 unspecified atom stereocenters. The van der Waals surface area contributed by atoms with E-state index in [0.717, 1.165) is 37.5 Å². The van der Waals surface area contributed by atoms with Gasteiger partial charge in [-0.3, -0.25) is 4.90 Å². The molecule has 1 saturated heterocycles. The third kappa shape index (κ3) is 4.09. The number of benzene rings is 2. The van der Waals surface area contributed by atoms with Crippen molar-refractivity contribution in [2.45, 2.75) is 6.54 Å². The second kappa shape index (κ2) is 7.75. The third-order valence-corrected chi connectivity index (χ3v) is 4.71. The van der Waals surface area contributed by atoms with Crippen molar-refractivity contribution in [1.29, 1.82) is 0 Å². The molecule has 6 nitrogen and oxygen atoms in total. The molecule has 4 rings (SSSR count). The van der Waals surface area contributed by atoms with Crippen LogP contribution < -0.4 is 9.64 Å². The molecule has 3 aromatic rings. The number of methoxy groups -OCH3 is 1. The zero-order chi connectivity index (χ0) is 18.6. The maximum Gasteiger partial charge on any atom is 0.247 e. The highest BCUT2D eigenvalue weighted by atomic mass is 19.1. The first-order valence-electron chi connectivity index (χ1n) is 8.91. The number of rotatable bonds is 5. The first kappa shape index (κ1) is 17.5. The van der Waals surface area contributed by atoms with Gasteiger partial charge in [0.15, 0.2) is 0 Å². The average molecular weight is 368 g/mol. The van der Waals surface area contributed by atoms with E-state index in [-0.39, 0.29) is 5.82 Å². The van der Waals surface area contributed by atoms with E-state index < -0.39 is 0 Å². The van der Waals surface area contributed by atoms with Gasteiger partial charge in [-0.05, 0) is 36.4 Å². The number of halogens is 1. The van der Waals surface area contributed by atoms with Crippen LogP contribution in [0.3, 0.4) is 0 Å². The predicted molar refractivity (Wildman–Crippen MR) is 100 cm³/mol. The zero-order valence-electron chi connectivity index (χ0n) is 15.1. The van der Waals surface area contributed by atoms with Gasteiger partial charge in [-0.25, -0.2) is 4.39 Å². The Hall–Kier alpha value is -2.93. The number of aromatic nitrogens is 2. The summed E-state index contributed by atoms with van der Waals surface area (Å²) >= 11 is 0. The Balaban J connectivity index is 1.35. The van der Waals surface area contributed by atoms with Crippen LogP contribution in [0.2, 0.25) is 0 Å². The van der Waals surface area contributed by atoms with Gasteiger partial charge in [-0.2, -0.15) is 0 Å². The van der Waals surface area contributed by atoms with Gasteiger partial charge >= 0.3 is 0 Å². The minimum absolute atomic E-state index is 0.285. The van der Waals surface area contributed by atoms with E-state index in [0.29, 0.717) is 18.3 Å². The second-order valence-corrected chi connectivity index (χ2v) is 6.47. The standard InChI is InChI=1S/C20H21FN4O2/c1-26-18-4-2-3-17(13-18)25-11-9-24(10-12-25)14-19-22-23-20(27-19)15-5-7-16(21)8-6-15/h2-8,13H,9-12,14H2,1H3. The predicted octanol–water partition coefficient (Wildman–Crippen LogP) is 3.21. The highest BCUT2D eigenvalue weighted by Gasteiger charge is 2.20. The molecule has 2 heterocycles. The Morgan fingerprint density at radius 2 is 1.81 bits per heavy atom. The van der Waals surface area contributed by atoms with Gasteiger partial charge in [0.25, 0.3) is 0 Å². The van der Waals surface area contributed by atoms with Crippen molar-refractivity contribution in [3.05, 3.63) is 60.2 Å². The molecule has 0 bridgehead atoms. The van der Waals surface area contributed by atoms with E-state index in [1.807, 2.05) is 12.1 Å². The lowest BCUT2D eigenvalue weighted by Gasteiger charge is -2.35. The van der Waals surface area contributed by atoms with E-state index in [1.54, 1.807) is 19.2 Å². The third-order valence-electron chi connectivity index (χ3n) is 4.71. The highest BCUT2D eigenvalue weighted by molar-refractivity contribution is 5.52. The van der Waals surface area contributed by atoms with Crippen LogP contribution in [0.15, 0.2) is 52.9 Å². The summed E-state index contributed by atoms with van der Waals surface area (Å²) in [7, 11) is 1.68. The molecule has 1 fully saturated rings. The molecule has 0 atom stereocenters. The molecule has 1 aromatic heterocycles. The summed E-state index contributed by atoms with van der Waals surface area (Å²) in [5, 5.41) is 8.20. The van der Waals surface area contributed by atoms with Gasteiger partial charge in [0.05, 0.1) is 13.7 Å². The molecule has 7 heteroatoms. The van der Waals surface area contributed by atoms with Crippen molar-refractivity contribution >= 4 is 5.69 Å². The van der Waals surface area contributed by atoms with Crippen molar-refractivity contribution in [1.82, 2.24) is 15.1 Å². The maximum atomic E-state index is 13.0. The highest BCUT2D eigenvalue weighted by Crippen LogP contribution is 2.23. The van der Waals surface area contributed by atoms with Gasteiger partial charge in [0.1, 0.15) is 11.6 Å². The van der Waals surface area contributed by atoms with E-state index >= 15 is 0 Å². The molecule has 1 aliphatic heterocycles. The molecule has 0 aliphatic carbocycles. The fourth-order valence-corrected chi connectivity index (χ4v) is 3.19. The molecule has 1 aliphatic rings. The van der Waals surface area contributed by atoms with Crippen molar-refractivity contribution in [3.63, 3.8) is 0 Å².